The Hall–Kier alpha value is -0.120. The minimum Gasteiger partial charge on any atom is -0.385 e. The minimum atomic E-state index is 0.355. The van der Waals surface area contributed by atoms with Gasteiger partial charge in [0.1, 0.15) is 0 Å². The summed E-state index contributed by atoms with van der Waals surface area (Å²) in [6, 6.07) is 0.355. The lowest BCUT2D eigenvalue weighted by Crippen LogP contribution is -2.27. The van der Waals surface area contributed by atoms with Crippen LogP contribution in [0.3, 0.4) is 0 Å². The maximum Gasteiger partial charge on any atom is 0.0468 e. The molecule has 2 N–H and O–H groups in total. The van der Waals surface area contributed by atoms with Crippen LogP contribution in [0.25, 0.3) is 0 Å². The second-order valence-electron chi connectivity index (χ2n) is 4.19. The molecule has 0 saturated carbocycles. The molecule has 1 rings (SSSR count). The molecule has 0 spiro atoms. The fourth-order valence-corrected chi connectivity index (χ4v) is 2.02. The maximum atomic E-state index is 6.05. The fraction of sp³-hybridized carbons (Fsp3) is 1.00. The molecule has 3 nitrogen and oxygen atoms in total. The molecule has 1 atom stereocenters. The summed E-state index contributed by atoms with van der Waals surface area (Å²) < 4.78 is 10.3. The van der Waals surface area contributed by atoms with E-state index in [9.17, 15) is 0 Å². The molecule has 14 heavy (non-hydrogen) atoms. The average molecular weight is 201 g/mol. The summed E-state index contributed by atoms with van der Waals surface area (Å²) in [6.45, 7) is 2.69. The first-order valence-electron chi connectivity index (χ1n) is 5.65. The molecule has 1 aliphatic rings. The number of ether oxygens (including phenoxy) is 2. The summed E-state index contributed by atoms with van der Waals surface area (Å²) in [7, 11) is 1.74. The van der Waals surface area contributed by atoms with E-state index in [-0.39, 0.29) is 0 Å². The van der Waals surface area contributed by atoms with Crippen molar-refractivity contribution in [2.75, 3.05) is 26.9 Å². The lowest BCUT2D eigenvalue weighted by molar-refractivity contribution is 0.0612. The zero-order chi connectivity index (χ0) is 10.2. The summed E-state index contributed by atoms with van der Waals surface area (Å²) in [4.78, 5) is 0. The molecule has 0 bridgehead atoms. The predicted octanol–water partition coefficient (Wildman–Crippen LogP) is 1.56. The van der Waals surface area contributed by atoms with Gasteiger partial charge in [0.25, 0.3) is 0 Å². The Labute approximate surface area is 86.9 Å². The monoisotopic (exact) mass is 201 g/mol. The summed E-state index contributed by atoms with van der Waals surface area (Å²) in [5, 5.41) is 0. The van der Waals surface area contributed by atoms with Gasteiger partial charge in [-0.1, -0.05) is 0 Å². The van der Waals surface area contributed by atoms with Crippen molar-refractivity contribution >= 4 is 0 Å². The molecule has 1 heterocycles. The third kappa shape index (κ3) is 4.94. The van der Waals surface area contributed by atoms with Gasteiger partial charge in [0, 0.05) is 33.0 Å². The number of hydrogen-bond acceptors (Lipinski definition) is 3. The van der Waals surface area contributed by atoms with Crippen LogP contribution in [0.15, 0.2) is 0 Å². The zero-order valence-corrected chi connectivity index (χ0v) is 9.21. The molecule has 3 heteroatoms. The Bertz CT molecular complexity index is 135. The van der Waals surface area contributed by atoms with Gasteiger partial charge >= 0.3 is 0 Å². The number of rotatable bonds is 6. The van der Waals surface area contributed by atoms with E-state index in [2.05, 4.69) is 0 Å². The molecule has 1 aliphatic heterocycles. The number of hydrogen-bond donors (Lipinski definition) is 1. The van der Waals surface area contributed by atoms with Crippen LogP contribution in [0.5, 0.6) is 0 Å². The first-order valence-corrected chi connectivity index (χ1v) is 5.65. The van der Waals surface area contributed by atoms with Gasteiger partial charge in [-0.25, -0.2) is 0 Å². The third-order valence-corrected chi connectivity index (χ3v) is 2.90. The van der Waals surface area contributed by atoms with Gasteiger partial charge in [-0.15, -0.1) is 0 Å². The largest absolute Gasteiger partial charge is 0.385 e. The van der Waals surface area contributed by atoms with Crippen LogP contribution in [0.1, 0.15) is 32.1 Å². The molecule has 0 aliphatic carbocycles. The molecule has 1 unspecified atom stereocenters. The van der Waals surface area contributed by atoms with Gasteiger partial charge in [-0.2, -0.15) is 0 Å². The van der Waals surface area contributed by atoms with Gasteiger partial charge in [0.2, 0.25) is 0 Å². The average Bonchev–Trinajstić information content (AvgIpc) is 2.20. The van der Waals surface area contributed by atoms with E-state index in [0.29, 0.717) is 6.04 Å². The molecule has 0 aromatic heterocycles. The Kier molecular flexibility index (Phi) is 6.15. The second kappa shape index (κ2) is 7.21. The van der Waals surface area contributed by atoms with Gasteiger partial charge in [0.05, 0.1) is 0 Å². The van der Waals surface area contributed by atoms with Crippen LogP contribution in [-0.2, 0) is 9.47 Å². The predicted molar refractivity (Wildman–Crippen MR) is 57.2 cm³/mol. The molecular formula is C11H23NO2. The van der Waals surface area contributed by atoms with E-state index in [4.69, 9.17) is 15.2 Å². The van der Waals surface area contributed by atoms with Gasteiger partial charge in [0.15, 0.2) is 0 Å². The summed E-state index contributed by atoms with van der Waals surface area (Å²) in [5.41, 5.74) is 6.05. The van der Waals surface area contributed by atoms with Crippen LogP contribution in [0.2, 0.25) is 0 Å². The highest BCUT2D eigenvalue weighted by atomic mass is 16.5. The van der Waals surface area contributed by atoms with Crippen molar-refractivity contribution in [3.05, 3.63) is 0 Å². The lowest BCUT2D eigenvalue weighted by atomic mass is 9.91. The van der Waals surface area contributed by atoms with Gasteiger partial charge in [-0.3, -0.25) is 0 Å². The molecule has 0 amide bonds. The molecule has 0 radical (unpaired) electrons. The van der Waals surface area contributed by atoms with E-state index < -0.39 is 0 Å². The Morgan fingerprint density at radius 1 is 1.43 bits per heavy atom. The van der Waals surface area contributed by atoms with Crippen LogP contribution < -0.4 is 5.73 Å². The quantitative estimate of drug-likeness (QED) is 0.663. The standard InChI is InChI=1S/C11H23NO2/c1-13-6-2-3-11(12)9-10-4-7-14-8-5-10/h10-11H,2-9,12H2,1H3. The first-order chi connectivity index (χ1) is 6.83. The van der Waals surface area contributed by atoms with E-state index in [1.54, 1.807) is 7.11 Å². The van der Waals surface area contributed by atoms with E-state index in [1.165, 1.54) is 12.8 Å². The van der Waals surface area contributed by atoms with Gasteiger partial charge < -0.3 is 15.2 Å². The summed E-state index contributed by atoms with van der Waals surface area (Å²) in [6.07, 6.45) is 5.72. The fourth-order valence-electron chi connectivity index (χ4n) is 2.02. The van der Waals surface area contributed by atoms with Gasteiger partial charge in [-0.05, 0) is 38.0 Å². The first kappa shape index (κ1) is 12.0. The van der Waals surface area contributed by atoms with E-state index in [0.717, 1.165) is 45.0 Å². The van der Waals surface area contributed by atoms with Crippen molar-refractivity contribution in [1.82, 2.24) is 0 Å². The highest BCUT2D eigenvalue weighted by Gasteiger charge is 2.16. The molecule has 1 fully saturated rings. The molecule has 1 saturated heterocycles. The number of nitrogens with two attached hydrogens (primary N) is 1. The maximum absolute atomic E-state index is 6.05. The summed E-state index contributed by atoms with van der Waals surface area (Å²) in [5.74, 6) is 0.793. The summed E-state index contributed by atoms with van der Waals surface area (Å²) >= 11 is 0. The SMILES string of the molecule is COCCCC(N)CC1CCOCC1. The topological polar surface area (TPSA) is 44.5 Å². The normalized spacial score (nSPS) is 21.0. The molecular weight excluding hydrogens is 178 g/mol. The highest BCUT2D eigenvalue weighted by Crippen LogP contribution is 2.20. The molecule has 84 valence electrons. The van der Waals surface area contributed by atoms with Crippen molar-refractivity contribution in [1.29, 1.82) is 0 Å². The smallest absolute Gasteiger partial charge is 0.0468 e. The Balaban J connectivity index is 2.03. The lowest BCUT2D eigenvalue weighted by Gasteiger charge is -2.24. The molecule has 0 aromatic carbocycles. The minimum absolute atomic E-state index is 0.355. The van der Waals surface area contributed by atoms with Crippen molar-refractivity contribution in [3.8, 4) is 0 Å². The molecule has 0 aromatic rings. The highest BCUT2D eigenvalue weighted by molar-refractivity contribution is 4.70. The van der Waals surface area contributed by atoms with Crippen LogP contribution in [0, 0.1) is 5.92 Å². The van der Waals surface area contributed by atoms with Crippen molar-refractivity contribution < 1.29 is 9.47 Å². The van der Waals surface area contributed by atoms with Crippen LogP contribution in [0.4, 0.5) is 0 Å². The zero-order valence-electron chi connectivity index (χ0n) is 9.21. The van der Waals surface area contributed by atoms with Crippen LogP contribution in [-0.4, -0.2) is 33.0 Å². The second-order valence-corrected chi connectivity index (χ2v) is 4.19. The third-order valence-electron chi connectivity index (χ3n) is 2.90. The Morgan fingerprint density at radius 3 is 2.79 bits per heavy atom. The van der Waals surface area contributed by atoms with Crippen molar-refractivity contribution in [3.63, 3.8) is 0 Å². The van der Waals surface area contributed by atoms with E-state index >= 15 is 0 Å². The van der Waals surface area contributed by atoms with Crippen molar-refractivity contribution in [2.45, 2.75) is 38.1 Å². The number of methoxy groups -OCH3 is 1. The van der Waals surface area contributed by atoms with E-state index in [1.807, 2.05) is 0 Å². The Morgan fingerprint density at radius 2 is 2.14 bits per heavy atom. The van der Waals surface area contributed by atoms with Crippen LogP contribution >= 0.6 is 0 Å². The van der Waals surface area contributed by atoms with Crippen molar-refractivity contribution in [2.24, 2.45) is 11.7 Å².